The van der Waals surface area contributed by atoms with Crippen LogP contribution in [-0.2, 0) is 4.79 Å². The van der Waals surface area contributed by atoms with E-state index in [1.165, 1.54) is 12.8 Å². The minimum Gasteiger partial charge on any atom is -0.389 e. The topological polar surface area (TPSA) is 52.6 Å². The molecule has 0 aromatic carbocycles. The number of rotatable bonds is 6. The molecule has 0 radical (unpaired) electrons. The molecule has 0 spiro atoms. The van der Waals surface area contributed by atoms with E-state index in [0.717, 1.165) is 25.9 Å². The zero-order valence-electron chi connectivity index (χ0n) is 12.7. The monoisotopic (exact) mass is 270 g/mol. The Labute approximate surface area is 117 Å². The third-order valence-corrected chi connectivity index (χ3v) is 4.34. The van der Waals surface area contributed by atoms with E-state index in [9.17, 15) is 9.90 Å². The van der Waals surface area contributed by atoms with Gasteiger partial charge in [0.05, 0.1) is 11.6 Å². The van der Waals surface area contributed by atoms with Gasteiger partial charge in [-0.2, -0.15) is 0 Å². The van der Waals surface area contributed by atoms with Crippen LogP contribution in [0.5, 0.6) is 0 Å². The molecule has 0 bridgehead atoms. The summed E-state index contributed by atoms with van der Waals surface area (Å²) in [5.74, 6) is 0.177. The molecule has 4 heteroatoms. The van der Waals surface area contributed by atoms with Crippen molar-refractivity contribution in [3.05, 3.63) is 0 Å². The number of amides is 1. The van der Waals surface area contributed by atoms with Crippen LogP contribution in [0.1, 0.15) is 59.3 Å². The summed E-state index contributed by atoms with van der Waals surface area (Å²) in [6.07, 6.45) is 6.12. The first kappa shape index (κ1) is 16.4. The second-order valence-corrected chi connectivity index (χ2v) is 5.77. The van der Waals surface area contributed by atoms with Gasteiger partial charge in [0, 0.05) is 19.6 Å². The predicted octanol–water partition coefficient (Wildman–Crippen LogP) is 1.92. The molecule has 0 aromatic rings. The maximum atomic E-state index is 12.3. The van der Waals surface area contributed by atoms with E-state index in [1.54, 1.807) is 0 Å². The lowest BCUT2D eigenvalue weighted by Gasteiger charge is -2.29. The Morgan fingerprint density at radius 2 is 1.74 bits per heavy atom. The van der Waals surface area contributed by atoms with Crippen LogP contribution >= 0.6 is 0 Å². The number of aliphatic hydroxyl groups is 1. The van der Waals surface area contributed by atoms with Crippen molar-refractivity contribution in [1.29, 1.82) is 0 Å². The zero-order chi connectivity index (χ0) is 14.3. The van der Waals surface area contributed by atoms with E-state index >= 15 is 0 Å². The highest BCUT2D eigenvalue weighted by Crippen LogP contribution is 2.14. The van der Waals surface area contributed by atoms with E-state index < -0.39 is 5.60 Å². The summed E-state index contributed by atoms with van der Waals surface area (Å²) < 4.78 is 0. The normalized spacial score (nSPS) is 19.1. The Kier molecular flexibility index (Phi) is 6.80. The molecule has 112 valence electrons. The highest BCUT2D eigenvalue weighted by molar-refractivity contribution is 5.81. The Morgan fingerprint density at radius 1 is 1.21 bits per heavy atom. The molecule has 1 heterocycles. The number of nitrogens with zero attached hydrogens (tertiary/aromatic N) is 1. The third-order valence-electron chi connectivity index (χ3n) is 4.34. The highest BCUT2D eigenvalue weighted by atomic mass is 16.3. The van der Waals surface area contributed by atoms with E-state index in [4.69, 9.17) is 0 Å². The second-order valence-electron chi connectivity index (χ2n) is 5.77. The number of nitrogens with one attached hydrogen (secondary N) is 1. The van der Waals surface area contributed by atoms with Gasteiger partial charge in [-0.3, -0.25) is 4.79 Å². The largest absolute Gasteiger partial charge is 0.389 e. The third kappa shape index (κ3) is 5.11. The zero-order valence-corrected chi connectivity index (χ0v) is 12.7. The molecule has 1 aliphatic heterocycles. The predicted molar refractivity (Wildman–Crippen MR) is 78.0 cm³/mol. The van der Waals surface area contributed by atoms with Crippen molar-refractivity contribution >= 4 is 5.91 Å². The molecule has 1 fully saturated rings. The summed E-state index contributed by atoms with van der Waals surface area (Å²) >= 11 is 0. The van der Waals surface area contributed by atoms with Crippen molar-refractivity contribution in [2.24, 2.45) is 0 Å². The molecule has 19 heavy (non-hydrogen) atoms. The molecular formula is C15H30N2O2. The molecule has 1 saturated heterocycles. The molecule has 1 aliphatic rings. The molecule has 1 amide bonds. The van der Waals surface area contributed by atoms with Gasteiger partial charge < -0.3 is 15.3 Å². The van der Waals surface area contributed by atoms with Gasteiger partial charge in [-0.25, -0.2) is 0 Å². The Bertz CT molecular complexity index is 269. The van der Waals surface area contributed by atoms with Gasteiger partial charge in [0.15, 0.2) is 0 Å². The van der Waals surface area contributed by atoms with Gasteiger partial charge >= 0.3 is 0 Å². The number of carbonyl (C=O) groups is 1. The van der Waals surface area contributed by atoms with Gasteiger partial charge in [-0.05, 0) is 32.6 Å². The maximum Gasteiger partial charge on any atom is 0.239 e. The van der Waals surface area contributed by atoms with Crippen LogP contribution in [-0.4, -0.2) is 47.2 Å². The summed E-state index contributed by atoms with van der Waals surface area (Å²) in [5, 5.41) is 13.4. The molecule has 0 aliphatic carbocycles. The first-order valence-electron chi connectivity index (χ1n) is 7.77. The van der Waals surface area contributed by atoms with Gasteiger partial charge in [0.2, 0.25) is 5.91 Å². The fourth-order valence-electron chi connectivity index (χ4n) is 2.50. The van der Waals surface area contributed by atoms with Crippen molar-refractivity contribution in [2.75, 3.05) is 19.6 Å². The first-order chi connectivity index (χ1) is 9.02. The molecule has 0 aromatic heterocycles. The van der Waals surface area contributed by atoms with E-state index in [0.29, 0.717) is 19.4 Å². The van der Waals surface area contributed by atoms with Crippen LogP contribution in [0.3, 0.4) is 0 Å². The molecular weight excluding hydrogens is 240 g/mol. The SMILES string of the molecule is CCC(O)(CC)CNC(C)C(=O)N1CCCCCC1. The van der Waals surface area contributed by atoms with Crippen LogP contribution in [0.15, 0.2) is 0 Å². The number of likely N-dealkylation sites (tertiary alicyclic amines) is 1. The quantitative estimate of drug-likeness (QED) is 0.775. The standard InChI is InChI=1S/C15H30N2O2/c1-4-15(19,5-2)12-16-13(3)14(18)17-10-8-6-7-9-11-17/h13,16,19H,4-12H2,1-3H3. The Morgan fingerprint density at radius 3 is 2.21 bits per heavy atom. The first-order valence-corrected chi connectivity index (χ1v) is 7.77. The molecule has 0 saturated carbocycles. The number of hydrogen-bond donors (Lipinski definition) is 2. The smallest absolute Gasteiger partial charge is 0.239 e. The second kappa shape index (κ2) is 7.85. The Balaban J connectivity index is 2.43. The minimum atomic E-state index is -0.687. The van der Waals surface area contributed by atoms with Crippen LogP contribution in [0.4, 0.5) is 0 Å². The van der Waals surface area contributed by atoms with Gasteiger partial charge in [0.25, 0.3) is 0 Å². The lowest BCUT2D eigenvalue weighted by atomic mass is 9.97. The van der Waals surface area contributed by atoms with Gasteiger partial charge in [0.1, 0.15) is 0 Å². The molecule has 1 atom stereocenters. The molecule has 4 nitrogen and oxygen atoms in total. The average molecular weight is 270 g/mol. The van der Waals surface area contributed by atoms with Gasteiger partial charge in [-0.1, -0.05) is 26.7 Å². The lowest BCUT2D eigenvalue weighted by molar-refractivity contribution is -0.133. The van der Waals surface area contributed by atoms with Crippen molar-refractivity contribution in [2.45, 2.75) is 70.9 Å². The van der Waals surface area contributed by atoms with E-state index in [1.807, 2.05) is 25.7 Å². The number of hydrogen-bond acceptors (Lipinski definition) is 3. The van der Waals surface area contributed by atoms with Crippen LogP contribution < -0.4 is 5.32 Å². The molecule has 2 N–H and O–H groups in total. The number of carbonyl (C=O) groups excluding carboxylic acids is 1. The lowest BCUT2D eigenvalue weighted by Crippen LogP contribution is -2.50. The summed E-state index contributed by atoms with van der Waals surface area (Å²) in [4.78, 5) is 14.3. The molecule has 1 rings (SSSR count). The Hall–Kier alpha value is -0.610. The molecule has 1 unspecified atom stereocenters. The highest BCUT2D eigenvalue weighted by Gasteiger charge is 2.26. The summed E-state index contributed by atoms with van der Waals surface area (Å²) in [5.41, 5.74) is -0.687. The maximum absolute atomic E-state index is 12.3. The van der Waals surface area contributed by atoms with Crippen molar-refractivity contribution in [3.63, 3.8) is 0 Å². The fraction of sp³-hybridized carbons (Fsp3) is 0.933. The summed E-state index contributed by atoms with van der Waals surface area (Å²) in [7, 11) is 0. The van der Waals surface area contributed by atoms with Crippen LogP contribution in [0.25, 0.3) is 0 Å². The van der Waals surface area contributed by atoms with Crippen LogP contribution in [0.2, 0.25) is 0 Å². The van der Waals surface area contributed by atoms with Crippen molar-refractivity contribution in [3.8, 4) is 0 Å². The fourth-order valence-corrected chi connectivity index (χ4v) is 2.50. The summed E-state index contributed by atoms with van der Waals surface area (Å²) in [6.45, 7) is 8.12. The minimum absolute atomic E-state index is 0.177. The average Bonchev–Trinajstić information content (AvgIpc) is 2.72. The van der Waals surface area contributed by atoms with Crippen LogP contribution in [0, 0.1) is 0 Å². The van der Waals surface area contributed by atoms with Crippen molar-refractivity contribution in [1.82, 2.24) is 10.2 Å². The van der Waals surface area contributed by atoms with E-state index in [-0.39, 0.29) is 11.9 Å². The van der Waals surface area contributed by atoms with Crippen molar-refractivity contribution < 1.29 is 9.90 Å². The van der Waals surface area contributed by atoms with E-state index in [2.05, 4.69) is 5.32 Å². The van der Waals surface area contributed by atoms with Gasteiger partial charge in [-0.15, -0.1) is 0 Å². The summed E-state index contributed by atoms with van der Waals surface area (Å²) in [6, 6.07) is -0.206.